The van der Waals surface area contributed by atoms with Gasteiger partial charge in [0.25, 0.3) is 0 Å². The number of carbonyl (C=O) groups is 3. The van der Waals surface area contributed by atoms with Gasteiger partial charge in [0.2, 0.25) is 5.91 Å². The van der Waals surface area contributed by atoms with Crippen LogP contribution in [0.15, 0.2) is 59.8 Å². The van der Waals surface area contributed by atoms with Gasteiger partial charge in [0.1, 0.15) is 42.9 Å². The molecule has 2 aliphatic heterocycles. The molecule has 10 heteroatoms. The van der Waals surface area contributed by atoms with Crippen molar-refractivity contribution < 1.29 is 33.4 Å². The zero-order valence-electron chi connectivity index (χ0n) is 23.0. The lowest BCUT2D eigenvalue weighted by Crippen LogP contribution is -2.57. The van der Waals surface area contributed by atoms with Crippen molar-refractivity contribution in [2.75, 3.05) is 26.9 Å². The summed E-state index contributed by atoms with van der Waals surface area (Å²) in [5.41, 5.74) is 3.80. The Labute approximate surface area is 232 Å². The quantitative estimate of drug-likeness (QED) is 0.365. The molecule has 0 saturated carbocycles. The molecule has 2 heterocycles. The van der Waals surface area contributed by atoms with Gasteiger partial charge in [-0.1, -0.05) is 50.2 Å². The van der Waals surface area contributed by atoms with E-state index < -0.39 is 41.6 Å². The maximum atomic E-state index is 13.8. The standard InChI is InChI=1S/C30H33N3O7/c1-30(2,3)26-27(34)33-17-19(16-24(33)28(35)37-4)40-32-25-22-10-6-5-9-20(22)21-12-11-18(15-23(21)25)38-13-7-8-14-39-29(36)31-26/h5-12,15,19,24,26H,13-14,16-17H2,1-4H3,(H,31,36)/t19-,24+,26-/m1/s1. The lowest BCUT2D eigenvalue weighted by atomic mass is 9.85. The maximum absolute atomic E-state index is 13.8. The number of hydrogen-bond acceptors (Lipinski definition) is 8. The van der Waals surface area contributed by atoms with Gasteiger partial charge >= 0.3 is 12.1 Å². The number of cyclic esters (lactones) is 1. The summed E-state index contributed by atoms with van der Waals surface area (Å²) >= 11 is 0. The fraction of sp³-hybridized carbons (Fsp3) is 0.400. The van der Waals surface area contributed by atoms with Crippen molar-refractivity contribution in [3.63, 3.8) is 0 Å². The molecule has 40 heavy (non-hydrogen) atoms. The lowest BCUT2D eigenvalue weighted by molar-refractivity contribution is -0.152. The molecule has 3 atom stereocenters. The molecule has 3 aliphatic rings. The second-order valence-corrected chi connectivity index (χ2v) is 11.0. The number of carbonyl (C=O) groups excluding carboxylic acids is 3. The molecule has 0 radical (unpaired) electrons. The highest BCUT2D eigenvalue weighted by Gasteiger charge is 2.46. The number of alkyl carbamates (subject to hydrolysis) is 1. The molecule has 2 aromatic rings. The van der Waals surface area contributed by atoms with E-state index in [9.17, 15) is 14.4 Å². The average molecular weight is 548 g/mol. The van der Waals surface area contributed by atoms with Crippen molar-refractivity contribution in [3.8, 4) is 16.9 Å². The Kier molecular flexibility index (Phi) is 7.51. The Morgan fingerprint density at radius 3 is 2.42 bits per heavy atom. The molecule has 1 N–H and O–H groups in total. The van der Waals surface area contributed by atoms with Crippen molar-refractivity contribution in [1.29, 1.82) is 0 Å². The Morgan fingerprint density at radius 1 is 1.00 bits per heavy atom. The first-order chi connectivity index (χ1) is 19.2. The third-order valence-corrected chi connectivity index (χ3v) is 7.23. The number of rotatable bonds is 1. The van der Waals surface area contributed by atoms with Crippen LogP contribution in [-0.2, 0) is 23.9 Å². The van der Waals surface area contributed by atoms with E-state index in [0.29, 0.717) is 11.5 Å². The van der Waals surface area contributed by atoms with Crippen LogP contribution in [0.4, 0.5) is 4.79 Å². The van der Waals surface area contributed by atoms with Gasteiger partial charge in [0.15, 0.2) is 0 Å². The average Bonchev–Trinajstić information content (AvgIpc) is 3.49. The molecule has 2 amide bonds. The van der Waals surface area contributed by atoms with Gasteiger partial charge in [-0.2, -0.15) is 0 Å². The van der Waals surface area contributed by atoms with Crippen molar-refractivity contribution in [3.05, 3.63) is 65.7 Å². The van der Waals surface area contributed by atoms with E-state index in [0.717, 1.165) is 22.3 Å². The molecule has 0 spiro atoms. The summed E-state index contributed by atoms with van der Waals surface area (Å²) in [5, 5.41) is 7.24. The predicted molar refractivity (Wildman–Crippen MR) is 147 cm³/mol. The Hall–Kier alpha value is -4.34. The second-order valence-electron chi connectivity index (χ2n) is 11.0. The Morgan fingerprint density at radius 2 is 1.70 bits per heavy atom. The summed E-state index contributed by atoms with van der Waals surface area (Å²) in [7, 11) is 1.28. The van der Waals surface area contributed by atoms with E-state index in [1.165, 1.54) is 12.0 Å². The summed E-state index contributed by atoms with van der Waals surface area (Å²) in [6.45, 7) is 5.85. The number of amides is 2. The van der Waals surface area contributed by atoms with Gasteiger partial charge in [0.05, 0.1) is 13.7 Å². The van der Waals surface area contributed by atoms with Crippen LogP contribution in [0.2, 0.25) is 0 Å². The fourth-order valence-corrected chi connectivity index (χ4v) is 5.19. The van der Waals surface area contributed by atoms with E-state index in [-0.39, 0.29) is 26.2 Å². The third-order valence-electron chi connectivity index (χ3n) is 7.23. The van der Waals surface area contributed by atoms with Gasteiger partial charge in [-0.05, 0) is 46.9 Å². The molecule has 10 nitrogen and oxygen atoms in total. The van der Waals surface area contributed by atoms with E-state index in [4.69, 9.17) is 19.0 Å². The van der Waals surface area contributed by atoms with Gasteiger partial charge in [-0.25, -0.2) is 9.59 Å². The van der Waals surface area contributed by atoms with Crippen LogP contribution in [0.3, 0.4) is 0 Å². The summed E-state index contributed by atoms with van der Waals surface area (Å²) in [5.74, 6) is -0.341. The number of nitrogens with one attached hydrogen (secondary N) is 1. The molecule has 1 fully saturated rings. The van der Waals surface area contributed by atoms with Gasteiger partial charge in [-0.3, -0.25) is 4.79 Å². The van der Waals surface area contributed by atoms with Gasteiger partial charge in [0, 0.05) is 17.5 Å². The van der Waals surface area contributed by atoms with Crippen molar-refractivity contribution in [2.24, 2.45) is 10.6 Å². The molecular weight excluding hydrogens is 514 g/mol. The summed E-state index contributed by atoms with van der Waals surface area (Å²) in [6, 6.07) is 11.9. The molecule has 5 rings (SSSR count). The van der Waals surface area contributed by atoms with Crippen LogP contribution in [0, 0.1) is 5.41 Å². The first kappa shape index (κ1) is 27.2. The van der Waals surface area contributed by atoms with Crippen molar-refractivity contribution in [1.82, 2.24) is 10.2 Å². The first-order valence-electron chi connectivity index (χ1n) is 13.2. The predicted octanol–water partition coefficient (Wildman–Crippen LogP) is 3.67. The normalized spacial score (nSPS) is 22.9. The van der Waals surface area contributed by atoms with Crippen LogP contribution in [0.1, 0.15) is 38.3 Å². The number of benzene rings is 2. The lowest BCUT2D eigenvalue weighted by Gasteiger charge is -2.34. The number of methoxy groups -OCH3 is 1. The van der Waals surface area contributed by atoms with E-state index in [1.54, 1.807) is 12.2 Å². The van der Waals surface area contributed by atoms with Gasteiger partial charge < -0.3 is 29.3 Å². The Balaban J connectivity index is 1.53. The smallest absolute Gasteiger partial charge is 0.408 e. The SMILES string of the molecule is COC(=O)[C@@H]1C[C@@H]2CN1C(=O)[C@H](C(C)(C)C)NC(=O)OCC=CCOc1ccc3c(c1)C(=NO2)c1ccccc1-3. The number of fused-ring (bicyclic) bond motifs is 6. The molecule has 4 bridgehead atoms. The molecular formula is C30H33N3O7. The summed E-state index contributed by atoms with van der Waals surface area (Å²) in [4.78, 5) is 46.6. The van der Waals surface area contributed by atoms with Gasteiger partial charge in [-0.15, -0.1) is 0 Å². The highest BCUT2D eigenvalue weighted by Crippen LogP contribution is 2.39. The van der Waals surface area contributed by atoms with E-state index in [2.05, 4.69) is 10.5 Å². The minimum atomic E-state index is -0.961. The van der Waals surface area contributed by atoms with Crippen LogP contribution in [0.5, 0.6) is 5.75 Å². The second kappa shape index (κ2) is 11.0. The first-order valence-corrected chi connectivity index (χ1v) is 13.2. The monoisotopic (exact) mass is 547 g/mol. The number of esters is 1. The molecule has 0 aromatic heterocycles. The topological polar surface area (TPSA) is 116 Å². The zero-order chi connectivity index (χ0) is 28.4. The highest BCUT2D eigenvalue weighted by atomic mass is 16.6. The highest BCUT2D eigenvalue weighted by molar-refractivity contribution is 6.24. The third kappa shape index (κ3) is 5.38. The molecule has 2 aromatic carbocycles. The number of ether oxygens (including phenoxy) is 3. The van der Waals surface area contributed by atoms with Crippen molar-refractivity contribution >= 4 is 23.7 Å². The molecule has 0 unspecified atom stereocenters. The van der Waals surface area contributed by atoms with E-state index in [1.807, 2.05) is 63.2 Å². The van der Waals surface area contributed by atoms with Crippen LogP contribution < -0.4 is 10.1 Å². The summed E-state index contributed by atoms with van der Waals surface area (Å²) < 4.78 is 16.2. The summed E-state index contributed by atoms with van der Waals surface area (Å²) in [6.07, 6.45) is 2.30. The number of hydrogen-bond donors (Lipinski definition) is 1. The van der Waals surface area contributed by atoms with Crippen LogP contribution in [-0.4, -0.2) is 73.6 Å². The number of oxime groups is 1. The molecule has 210 valence electrons. The van der Waals surface area contributed by atoms with E-state index >= 15 is 0 Å². The minimum Gasteiger partial charge on any atom is -0.490 e. The Bertz CT molecular complexity index is 1380. The molecule has 1 saturated heterocycles. The molecule has 1 aliphatic carbocycles. The fourth-order valence-electron chi connectivity index (χ4n) is 5.19. The maximum Gasteiger partial charge on any atom is 0.408 e. The van der Waals surface area contributed by atoms with Crippen LogP contribution >= 0.6 is 0 Å². The zero-order valence-corrected chi connectivity index (χ0v) is 23.0. The minimum absolute atomic E-state index is 0.000956. The largest absolute Gasteiger partial charge is 0.490 e. The van der Waals surface area contributed by atoms with Crippen molar-refractivity contribution in [2.45, 2.75) is 45.4 Å². The van der Waals surface area contributed by atoms with Crippen LogP contribution in [0.25, 0.3) is 11.1 Å². The number of nitrogens with zero attached hydrogens (tertiary/aromatic N) is 2.